The Bertz CT molecular complexity index is 199. The van der Waals surface area contributed by atoms with E-state index in [9.17, 15) is 0 Å². The smallest absolute Gasteiger partial charge is 0.0472 e. The number of hydrogen-bond donors (Lipinski definition) is 1. The van der Waals surface area contributed by atoms with Crippen molar-refractivity contribution in [2.75, 3.05) is 20.6 Å². The van der Waals surface area contributed by atoms with E-state index >= 15 is 0 Å². The van der Waals surface area contributed by atoms with Crippen LogP contribution in [0, 0.1) is 0 Å². The molecule has 1 rings (SSSR count). The molecule has 0 amide bonds. The summed E-state index contributed by atoms with van der Waals surface area (Å²) in [5, 5.41) is 4.24. The highest BCUT2D eigenvalue weighted by atomic mass is 35.5. The van der Waals surface area contributed by atoms with Gasteiger partial charge in [0.15, 0.2) is 0 Å². The van der Waals surface area contributed by atoms with E-state index < -0.39 is 0 Å². The Morgan fingerprint density at radius 2 is 2.25 bits per heavy atom. The topological polar surface area (TPSA) is 29.3 Å². The summed E-state index contributed by atoms with van der Waals surface area (Å²) in [6.45, 7) is 0.684. The number of nitrogens with two attached hydrogens (primary N) is 1. The summed E-state index contributed by atoms with van der Waals surface area (Å²) in [4.78, 5) is 2.14. The van der Waals surface area contributed by atoms with Crippen molar-refractivity contribution in [2.45, 2.75) is 6.04 Å². The number of hydrogen-bond acceptors (Lipinski definition) is 3. The van der Waals surface area contributed by atoms with Gasteiger partial charge in [-0.3, -0.25) is 0 Å². The standard InChI is InChI=1S/C8H14N2S.ClH/c1-10(2)8(5-9)7-3-4-11-6-7;/h3-4,6,8H,5,9H2,1-2H3;1H/t8-;/m1./s1. The van der Waals surface area contributed by atoms with Crippen molar-refractivity contribution >= 4 is 23.7 Å². The molecule has 1 aromatic rings. The summed E-state index contributed by atoms with van der Waals surface area (Å²) in [6.07, 6.45) is 0. The van der Waals surface area contributed by atoms with Gasteiger partial charge in [0.05, 0.1) is 0 Å². The molecule has 0 aliphatic rings. The van der Waals surface area contributed by atoms with E-state index in [4.69, 9.17) is 5.73 Å². The van der Waals surface area contributed by atoms with Crippen LogP contribution >= 0.6 is 23.7 Å². The van der Waals surface area contributed by atoms with Gasteiger partial charge in [0.1, 0.15) is 0 Å². The van der Waals surface area contributed by atoms with Gasteiger partial charge < -0.3 is 10.6 Å². The number of likely N-dealkylation sites (N-methyl/N-ethyl adjacent to an activating group) is 1. The molecule has 0 unspecified atom stereocenters. The maximum absolute atomic E-state index is 5.63. The van der Waals surface area contributed by atoms with Crippen LogP contribution in [0.2, 0.25) is 0 Å². The number of nitrogens with zero attached hydrogens (tertiary/aromatic N) is 1. The molecule has 1 heterocycles. The molecular formula is C8H15ClN2S. The number of rotatable bonds is 3. The van der Waals surface area contributed by atoms with Crippen molar-refractivity contribution in [1.29, 1.82) is 0 Å². The van der Waals surface area contributed by atoms with E-state index in [1.54, 1.807) is 11.3 Å². The molecule has 2 nitrogen and oxygen atoms in total. The summed E-state index contributed by atoms with van der Waals surface area (Å²) >= 11 is 1.72. The average molecular weight is 207 g/mol. The molecule has 0 saturated heterocycles. The van der Waals surface area contributed by atoms with Gasteiger partial charge in [-0.1, -0.05) is 0 Å². The van der Waals surface area contributed by atoms with Crippen molar-refractivity contribution in [1.82, 2.24) is 4.90 Å². The molecule has 1 atom stereocenters. The molecule has 1 aromatic heterocycles. The van der Waals surface area contributed by atoms with Gasteiger partial charge in [0.2, 0.25) is 0 Å². The Morgan fingerprint density at radius 1 is 1.58 bits per heavy atom. The maximum Gasteiger partial charge on any atom is 0.0472 e. The van der Waals surface area contributed by atoms with Crippen molar-refractivity contribution in [3.63, 3.8) is 0 Å². The van der Waals surface area contributed by atoms with Crippen LogP contribution in [0.25, 0.3) is 0 Å². The van der Waals surface area contributed by atoms with Crippen molar-refractivity contribution in [3.8, 4) is 0 Å². The number of halogens is 1. The molecule has 0 bridgehead atoms. The lowest BCUT2D eigenvalue weighted by Crippen LogP contribution is -2.26. The fraction of sp³-hybridized carbons (Fsp3) is 0.500. The van der Waals surface area contributed by atoms with E-state index in [2.05, 4.69) is 35.8 Å². The van der Waals surface area contributed by atoms with Crippen LogP contribution in [0.3, 0.4) is 0 Å². The van der Waals surface area contributed by atoms with Crippen molar-refractivity contribution in [3.05, 3.63) is 22.4 Å². The van der Waals surface area contributed by atoms with Gasteiger partial charge in [0.25, 0.3) is 0 Å². The largest absolute Gasteiger partial charge is 0.329 e. The van der Waals surface area contributed by atoms with Gasteiger partial charge in [-0.05, 0) is 36.5 Å². The fourth-order valence-corrected chi connectivity index (χ4v) is 1.82. The third-order valence-corrected chi connectivity index (χ3v) is 2.48. The Morgan fingerprint density at radius 3 is 2.58 bits per heavy atom. The molecule has 0 spiro atoms. The third-order valence-electron chi connectivity index (χ3n) is 1.77. The van der Waals surface area contributed by atoms with Crippen LogP contribution in [0.15, 0.2) is 16.8 Å². The summed E-state index contributed by atoms with van der Waals surface area (Å²) in [5.41, 5.74) is 6.95. The molecular weight excluding hydrogens is 192 g/mol. The Labute approximate surface area is 83.8 Å². The minimum absolute atomic E-state index is 0. The first-order valence-electron chi connectivity index (χ1n) is 3.64. The first-order chi connectivity index (χ1) is 5.25. The molecule has 2 N–H and O–H groups in total. The molecule has 0 aliphatic heterocycles. The quantitative estimate of drug-likeness (QED) is 0.817. The van der Waals surface area contributed by atoms with Gasteiger partial charge >= 0.3 is 0 Å². The molecule has 12 heavy (non-hydrogen) atoms. The Hall–Kier alpha value is -0.0900. The number of thiophene rings is 1. The summed E-state index contributed by atoms with van der Waals surface area (Å²) in [6, 6.07) is 2.50. The predicted molar refractivity (Wildman–Crippen MR) is 57.0 cm³/mol. The van der Waals surface area contributed by atoms with Crippen LogP contribution < -0.4 is 5.73 Å². The lowest BCUT2D eigenvalue weighted by atomic mass is 10.1. The minimum atomic E-state index is 0. The van der Waals surface area contributed by atoms with E-state index in [0.29, 0.717) is 12.6 Å². The second-order valence-electron chi connectivity index (χ2n) is 2.77. The molecule has 0 aromatic carbocycles. The first kappa shape index (κ1) is 11.9. The van der Waals surface area contributed by atoms with E-state index in [-0.39, 0.29) is 12.4 Å². The molecule has 0 aliphatic carbocycles. The maximum atomic E-state index is 5.63. The SMILES string of the molecule is CN(C)[C@H](CN)c1ccsc1.Cl. The van der Waals surface area contributed by atoms with E-state index in [1.165, 1.54) is 5.56 Å². The monoisotopic (exact) mass is 206 g/mol. The van der Waals surface area contributed by atoms with Crippen molar-refractivity contribution < 1.29 is 0 Å². The normalized spacial score (nSPS) is 12.7. The Kier molecular flexibility index (Phi) is 5.50. The van der Waals surface area contributed by atoms with E-state index in [1.807, 2.05) is 0 Å². The van der Waals surface area contributed by atoms with Crippen LogP contribution in [0.1, 0.15) is 11.6 Å². The molecule has 0 radical (unpaired) electrons. The summed E-state index contributed by atoms with van der Waals surface area (Å²) in [7, 11) is 4.10. The second kappa shape index (κ2) is 5.54. The van der Waals surface area contributed by atoms with Gasteiger partial charge in [-0.2, -0.15) is 11.3 Å². The highest BCUT2D eigenvalue weighted by Crippen LogP contribution is 2.18. The third kappa shape index (κ3) is 2.75. The van der Waals surface area contributed by atoms with Crippen LogP contribution in [0.4, 0.5) is 0 Å². The molecule has 4 heteroatoms. The van der Waals surface area contributed by atoms with Crippen LogP contribution in [-0.2, 0) is 0 Å². The van der Waals surface area contributed by atoms with E-state index in [0.717, 1.165) is 0 Å². The molecule has 0 fully saturated rings. The van der Waals surface area contributed by atoms with Gasteiger partial charge in [-0.25, -0.2) is 0 Å². The van der Waals surface area contributed by atoms with Crippen molar-refractivity contribution in [2.24, 2.45) is 5.73 Å². The van der Waals surface area contributed by atoms with Gasteiger partial charge in [-0.15, -0.1) is 12.4 Å². The summed E-state index contributed by atoms with van der Waals surface area (Å²) < 4.78 is 0. The lowest BCUT2D eigenvalue weighted by molar-refractivity contribution is 0.306. The van der Waals surface area contributed by atoms with Gasteiger partial charge in [0, 0.05) is 12.6 Å². The fourth-order valence-electron chi connectivity index (χ4n) is 1.11. The second-order valence-corrected chi connectivity index (χ2v) is 3.55. The van der Waals surface area contributed by atoms with Crippen LogP contribution in [-0.4, -0.2) is 25.5 Å². The highest BCUT2D eigenvalue weighted by molar-refractivity contribution is 7.07. The lowest BCUT2D eigenvalue weighted by Gasteiger charge is -2.21. The molecule has 70 valence electrons. The molecule has 0 saturated carbocycles. The Balaban J connectivity index is 0.00000121. The zero-order valence-corrected chi connectivity index (χ0v) is 8.99. The first-order valence-corrected chi connectivity index (χ1v) is 4.58. The highest BCUT2D eigenvalue weighted by Gasteiger charge is 2.10. The zero-order valence-electron chi connectivity index (χ0n) is 7.36. The predicted octanol–water partition coefficient (Wildman–Crippen LogP) is 1.73. The van der Waals surface area contributed by atoms with Crippen LogP contribution in [0.5, 0.6) is 0 Å². The minimum Gasteiger partial charge on any atom is -0.329 e. The average Bonchev–Trinajstić information content (AvgIpc) is 2.40. The zero-order chi connectivity index (χ0) is 8.27. The summed E-state index contributed by atoms with van der Waals surface area (Å²) in [5.74, 6) is 0.